The molecule has 0 aliphatic heterocycles. The topological polar surface area (TPSA) is 38.0 Å². The van der Waals surface area contributed by atoms with E-state index in [-0.39, 0.29) is 6.54 Å². The zero-order chi connectivity index (χ0) is 13.1. The van der Waals surface area contributed by atoms with Crippen LogP contribution < -0.4 is 11.1 Å². The molecule has 5 heteroatoms. The number of halogens is 3. The van der Waals surface area contributed by atoms with Crippen molar-refractivity contribution in [3.63, 3.8) is 0 Å². The Kier molecular flexibility index (Phi) is 3.67. The predicted molar refractivity (Wildman–Crippen MR) is 69.5 cm³/mol. The molecule has 2 aromatic rings. The normalized spacial score (nSPS) is 10.4. The maximum atomic E-state index is 13.4. The standard InChI is InChI=1S/C13H11ClF2N2/c14-10-2-1-3-12(17)13(10)18-7-8-4-5-9(15)6-11(8)16/h1-6,18H,7,17H2. The molecule has 0 radical (unpaired) electrons. The molecule has 3 N–H and O–H groups in total. The first-order valence-corrected chi connectivity index (χ1v) is 5.67. The van der Waals surface area contributed by atoms with Gasteiger partial charge in [-0.15, -0.1) is 0 Å². The first-order valence-electron chi connectivity index (χ1n) is 5.29. The van der Waals surface area contributed by atoms with Crippen LogP contribution >= 0.6 is 11.6 Å². The Hall–Kier alpha value is -1.81. The number of nitrogens with one attached hydrogen (secondary N) is 1. The fourth-order valence-electron chi connectivity index (χ4n) is 1.58. The molecule has 0 bridgehead atoms. The molecule has 2 nitrogen and oxygen atoms in total. The lowest BCUT2D eigenvalue weighted by atomic mass is 10.2. The lowest BCUT2D eigenvalue weighted by Crippen LogP contribution is -2.05. The molecule has 0 saturated heterocycles. The van der Waals surface area contributed by atoms with Gasteiger partial charge in [-0.25, -0.2) is 8.78 Å². The third-order valence-corrected chi connectivity index (χ3v) is 2.83. The van der Waals surface area contributed by atoms with Gasteiger partial charge in [0.1, 0.15) is 11.6 Å². The maximum absolute atomic E-state index is 13.4. The Morgan fingerprint density at radius 3 is 2.61 bits per heavy atom. The van der Waals surface area contributed by atoms with E-state index < -0.39 is 11.6 Å². The molecule has 0 saturated carbocycles. The highest BCUT2D eigenvalue weighted by atomic mass is 35.5. The summed E-state index contributed by atoms with van der Waals surface area (Å²) in [5, 5.41) is 3.39. The van der Waals surface area contributed by atoms with Crippen LogP contribution in [0, 0.1) is 11.6 Å². The number of para-hydroxylation sites is 1. The average Bonchev–Trinajstić information content (AvgIpc) is 2.31. The average molecular weight is 269 g/mol. The molecule has 0 aromatic heterocycles. The van der Waals surface area contributed by atoms with Gasteiger partial charge < -0.3 is 11.1 Å². The lowest BCUT2D eigenvalue weighted by Gasteiger charge is -2.11. The van der Waals surface area contributed by atoms with Crippen molar-refractivity contribution in [3.8, 4) is 0 Å². The molecular formula is C13H11ClF2N2. The van der Waals surface area contributed by atoms with E-state index in [1.54, 1.807) is 18.2 Å². The number of hydrogen-bond acceptors (Lipinski definition) is 2. The molecule has 0 aliphatic carbocycles. The molecule has 2 aromatic carbocycles. The van der Waals surface area contributed by atoms with Gasteiger partial charge in [0.2, 0.25) is 0 Å². The first-order chi connectivity index (χ1) is 8.58. The van der Waals surface area contributed by atoms with Gasteiger partial charge in [0.15, 0.2) is 0 Å². The third-order valence-electron chi connectivity index (χ3n) is 2.52. The van der Waals surface area contributed by atoms with E-state index in [0.717, 1.165) is 6.07 Å². The van der Waals surface area contributed by atoms with E-state index >= 15 is 0 Å². The van der Waals surface area contributed by atoms with Gasteiger partial charge in [0.05, 0.1) is 16.4 Å². The molecule has 0 heterocycles. The van der Waals surface area contributed by atoms with Crippen molar-refractivity contribution in [2.24, 2.45) is 0 Å². The first kappa shape index (κ1) is 12.6. The number of anilines is 2. The summed E-state index contributed by atoms with van der Waals surface area (Å²) >= 11 is 5.96. The number of rotatable bonds is 3. The molecule has 0 amide bonds. The van der Waals surface area contributed by atoms with Gasteiger partial charge in [0.25, 0.3) is 0 Å². The quantitative estimate of drug-likeness (QED) is 0.831. The van der Waals surface area contributed by atoms with E-state index in [4.69, 9.17) is 17.3 Å². The SMILES string of the molecule is Nc1cccc(Cl)c1NCc1ccc(F)cc1F. The van der Waals surface area contributed by atoms with Gasteiger partial charge in [0, 0.05) is 18.2 Å². The fourth-order valence-corrected chi connectivity index (χ4v) is 1.82. The predicted octanol–water partition coefficient (Wildman–Crippen LogP) is 3.81. The van der Waals surface area contributed by atoms with E-state index in [9.17, 15) is 8.78 Å². The van der Waals surface area contributed by atoms with Crippen molar-refractivity contribution in [1.29, 1.82) is 0 Å². The largest absolute Gasteiger partial charge is 0.397 e. The lowest BCUT2D eigenvalue weighted by molar-refractivity contribution is 0.574. The summed E-state index contributed by atoms with van der Waals surface area (Å²) in [6, 6.07) is 8.52. The van der Waals surface area contributed by atoms with Crippen LogP contribution in [0.2, 0.25) is 5.02 Å². The second-order valence-electron chi connectivity index (χ2n) is 3.79. The zero-order valence-corrected chi connectivity index (χ0v) is 10.1. The molecule has 2 rings (SSSR count). The van der Waals surface area contributed by atoms with Crippen molar-refractivity contribution < 1.29 is 8.78 Å². The van der Waals surface area contributed by atoms with Crippen LogP contribution in [0.5, 0.6) is 0 Å². The Balaban J connectivity index is 2.16. The molecular weight excluding hydrogens is 258 g/mol. The van der Waals surface area contributed by atoms with Crippen molar-refractivity contribution in [2.45, 2.75) is 6.54 Å². The Morgan fingerprint density at radius 1 is 1.17 bits per heavy atom. The second kappa shape index (κ2) is 5.23. The maximum Gasteiger partial charge on any atom is 0.131 e. The number of hydrogen-bond donors (Lipinski definition) is 2. The summed E-state index contributed by atoms with van der Waals surface area (Å²) in [6.07, 6.45) is 0. The highest BCUT2D eigenvalue weighted by molar-refractivity contribution is 6.33. The number of nitrogens with two attached hydrogens (primary N) is 1. The summed E-state index contributed by atoms with van der Waals surface area (Å²) in [6.45, 7) is 0.181. The van der Waals surface area contributed by atoms with Gasteiger partial charge in [-0.05, 0) is 18.2 Å². The Labute approximate surface area is 108 Å². The van der Waals surface area contributed by atoms with E-state index in [1.165, 1.54) is 12.1 Å². The molecule has 0 spiro atoms. The van der Waals surface area contributed by atoms with Gasteiger partial charge in [-0.3, -0.25) is 0 Å². The number of nitrogen functional groups attached to an aromatic ring is 1. The van der Waals surface area contributed by atoms with Gasteiger partial charge in [-0.2, -0.15) is 0 Å². The van der Waals surface area contributed by atoms with Crippen LogP contribution in [0.1, 0.15) is 5.56 Å². The Bertz CT molecular complexity index is 553. The highest BCUT2D eigenvalue weighted by Crippen LogP contribution is 2.28. The van der Waals surface area contributed by atoms with Crippen LogP contribution in [-0.2, 0) is 6.54 Å². The number of benzene rings is 2. The van der Waals surface area contributed by atoms with Crippen molar-refractivity contribution in [3.05, 3.63) is 58.6 Å². The van der Waals surface area contributed by atoms with Gasteiger partial charge >= 0.3 is 0 Å². The summed E-state index contributed by atoms with van der Waals surface area (Å²) in [5.41, 5.74) is 7.11. The summed E-state index contributed by atoms with van der Waals surface area (Å²) in [7, 11) is 0. The molecule has 0 fully saturated rings. The summed E-state index contributed by atoms with van der Waals surface area (Å²) in [5.74, 6) is -1.21. The molecule has 0 unspecified atom stereocenters. The van der Waals surface area contributed by atoms with E-state index in [1.807, 2.05) is 0 Å². The van der Waals surface area contributed by atoms with Crippen LogP contribution in [-0.4, -0.2) is 0 Å². The van der Waals surface area contributed by atoms with Gasteiger partial charge in [-0.1, -0.05) is 23.7 Å². The third kappa shape index (κ3) is 2.71. The fraction of sp³-hybridized carbons (Fsp3) is 0.0769. The van der Waals surface area contributed by atoms with Crippen LogP contribution in [0.3, 0.4) is 0 Å². The van der Waals surface area contributed by atoms with Crippen LogP contribution in [0.25, 0.3) is 0 Å². The van der Waals surface area contributed by atoms with E-state index in [2.05, 4.69) is 5.32 Å². The summed E-state index contributed by atoms with van der Waals surface area (Å²) in [4.78, 5) is 0. The van der Waals surface area contributed by atoms with Crippen molar-refractivity contribution in [1.82, 2.24) is 0 Å². The minimum absolute atomic E-state index is 0.181. The van der Waals surface area contributed by atoms with Crippen molar-refractivity contribution >= 4 is 23.0 Å². The monoisotopic (exact) mass is 268 g/mol. The second-order valence-corrected chi connectivity index (χ2v) is 4.20. The minimum atomic E-state index is -0.604. The van der Waals surface area contributed by atoms with Crippen LogP contribution in [0.4, 0.5) is 20.2 Å². The molecule has 0 atom stereocenters. The minimum Gasteiger partial charge on any atom is -0.397 e. The summed E-state index contributed by atoms with van der Waals surface area (Å²) < 4.78 is 26.1. The molecule has 94 valence electrons. The molecule has 0 aliphatic rings. The Morgan fingerprint density at radius 2 is 1.94 bits per heavy atom. The van der Waals surface area contributed by atoms with Crippen molar-refractivity contribution in [2.75, 3.05) is 11.1 Å². The highest BCUT2D eigenvalue weighted by Gasteiger charge is 2.07. The zero-order valence-electron chi connectivity index (χ0n) is 9.38. The van der Waals surface area contributed by atoms with E-state index in [0.29, 0.717) is 22.0 Å². The smallest absolute Gasteiger partial charge is 0.131 e. The molecule has 18 heavy (non-hydrogen) atoms. The van der Waals surface area contributed by atoms with Crippen LogP contribution in [0.15, 0.2) is 36.4 Å².